The van der Waals surface area contributed by atoms with Gasteiger partial charge in [0, 0.05) is 5.56 Å². The van der Waals surface area contributed by atoms with Crippen molar-refractivity contribution >= 4 is 18.0 Å². The molecule has 0 bridgehead atoms. The fourth-order valence-corrected chi connectivity index (χ4v) is 2.81. The minimum absolute atomic E-state index is 0.0597. The summed E-state index contributed by atoms with van der Waals surface area (Å²) in [6.07, 6.45) is 2.79. The number of nitriles is 2. The number of esters is 1. The summed E-state index contributed by atoms with van der Waals surface area (Å²) in [4.78, 5) is 25.0. The van der Waals surface area contributed by atoms with E-state index in [0.717, 1.165) is 5.56 Å². The van der Waals surface area contributed by atoms with Crippen molar-refractivity contribution in [3.05, 3.63) is 113 Å². The van der Waals surface area contributed by atoms with Crippen LogP contribution in [-0.4, -0.2) is 24.5 Å². The summed E-state index contributed by atoms with van der Waals surface area (Å²) < 4.78 is 5.59. The van der Waals surface area contributed by atoms with Gasteiger partial charge in [-0.15, -0.1) is 0 Å². The molecule has 0 aliphatic rings. The highest BCUT2D eigenvalue weighted by Gasteiger charge is 2.16. The molecule has 0 aromatic heterocycles. The number of hydrogen-bond acceptors (Lipinski definition) is 5. The van der Waals surface area contributed by atoms with Crippen LogP contribution in [0, 0.1) is 22.7 Å². The molecule has 3 rings (SSSR count). The van der Waals surface area contributed by atoms with Crippen LogP contribution in [-0.2, 0) is 4.74 Å². The third kappa shape index (κ3) is 6.16. The van der Waals surface area contributed by atoms with Gasteiger partial charge >= 0.3 is 5.97 Å². The van der Waals surface area contributed by atoms with Crippen LogP contribution in [0.2, 0.25) is 0 Å². The van der Waals surface area contributed by atoms with Crippen molar-refractivity contribution in [1.82, 2.24) is 5.32 Å². The van der Waals surface area contributed by atoms with E-state index in [4.69, 9.17) is 15.3 Å². The van der Waals surface area contributed by atoms with E-state index in [9.17, 15) is 9.59 Å². The van der Waals surface area contributed by atoms with E-state index in [0.29, 0.717) is 22.3 Å². The number of hydrogen-bond donors (Lipinski definition) is 1. The monoisotopic (exact) mass is 421 g/mol. The van der Waals surface area contributed by atoms with Crippen molar-refractivity contribution in [3.8, 4) is 12.1 Å². The third-order valence-electron chi connectivity index (χ3n) is 4.55. The standard InChI is InChI=1S/C26H19N3O3/c27-16-20-6-11-22(12-7-20)25(30)29-18-24(15-10-19-4-2-1-3-5-19)32-26(31)23-13-8-21(17-28)9-14-23/h1-15,24H,18H2,(H,29,30)/b15-10+. The molecule has 1 amide bonds. The van der Waals surface area contributed by atoms with Gasteiger partial charge < -0.3 is 10.1 Å². The zero-order valence-corrected chi connectivity index (χ0v) is 17.1. The minimum Gasteiger partial charge on any atom is -0.453 e. The first-order valence-electron chi connectivity index (χ1n) is 9.82. The lowest BCUT2D eigenvalue weighted by Crippen LogP contribution is -2.34. The fraction of sp³-hybridized carbons (Fsp3) is 0.0769. The average Bonchev–Trinajstić information content (AvgIpc) is 2.86. The second-order valence-corrected chi connectivity index (χ2v) is 6.80. The van der Waals surface area contributed by atoms with Crippen molar-refractivity contribution < 1.29 is 14.3 Å². The van der Waals surface area contributed by atoms with Crippen LogP contribution < -0.4 is 5.32 Å². The smallest absolute Gasteiger partial charge is 0.338 e. The van der Waals surface area contributed by atoms with E-state index in [2.05, 4.69) is 5.32 Å². The number of benzene rings is 3. The Labute approximate surface area is 186 Å². The van der Waals surface area contributed by atoms with Crippen molar-refractivity contribution in [2.75, 3.05) is 6.54 Å². The average molecular weight is 421 g/mol. The molecule has 1 atom stereocenters. The molecule has 3 aromatic carbocycles. The van der Waals surface area contributed by atoms with E-state index in [1.807, 2.05) is 48.5 Å². The van der Waals surface area contributed by atoms with Gasteiger partial charge in [0.15, 0.2) is 0 Å². The lowest BCUT2D eigenvalue weighted by Gasteiger charge is -2.16. The Kier molecular flexibility index (Phi) is 7.51. The maximum atomic E-state index is 12.6. The van der Waals surface area contributed by atoms with E-state index >= 15 is 0 Å². The first-order chi connectivity index (χ1) is 15.6. The fourth-order valence-electron chi connectivity index (χ4n) is 2.81. The Bertz CT molecular complexity index is 1190. The Hall–Kier alpha value is -4.68. The molecule has 0 radical (unpaired) electrons. The number of nitrogens with one attached hydrogen (secondary N) is 1. The van der Waals surface area contributed by atoms with E-state index < -0.39 is 12.1 Å². The van der Waals surface area contributed by atoms with Crippen LogP contribution in [0.1, 0.15) is 37.4 Å². The van der Waals surface area contributed by atoms with Crippen LogP contribution in [0.3, 0.4) is 0 Å². The molecule has 0 saturated carbocycles. The number of nitrogens with zero attached hydrogens (tertiary/aromatic N) is 2. The Morgan fingerprint density at radius 1 is 0.844 bits per heavy atom. The maximum absolute atomic E-state index is 12.6. The summed E-state index contributed by atoms with van der Waals surface area (Å²) in [6, 6.07) is 25.9. The Balaban J connectivity index is 1.71. The van der Waals surface area contributed by atoms with Gasteiger partial charge in [-0.25, -0.2) is 4.79 Å². The highest BCUT2D eigenvalue weighted by Crippen LogP contribution is 2.10. The van der Waals surface area contributed by atoms with Crippen molar-refractivity contribution in [2.45, 2.75) is 6.10 Å². The Morgan fingerprint density at radius 3 is 1.97 bits per heavy atom. The van der Waals surface area contributed by atoms with Gasteiger partial charge in [0.1, 0.15) is 6.10 Å². The minimum atomic E-state index is -0.722. The van der Waals surface area contributed by atoms with Crippen molar-refractivity contribution in [2.24, 2.45) is 0 Å². The summed E-state index contributed by atoms with van der Waals surface area (Å²) in [5.41, 5.74) is 2.53. The van der Waals surface area contributed by atoms with Crippen molar-refractivity contribution in [3.63, 3.8) is 0 Å². The molecule has 0 aliphatic carbocycles. The van der Waals surface area contributed by atoms with Gasteiger partial charge in [0.05, 0.1) is 35.4 Å². The normalized spacial score (nSPS) is 11.2. The molecule has 156 valence electrons. The summed E-state index contributed by atoms with van der Waals surface area (Å²) in [7, 11) is 0. The van der Waals surface area contributed by atoms with Gasteiger partial charge in [-0.3, -0.25) is 4.79 Å². The number of amides is 1. The molecule has 32 heavy (non-hydrogen) atoms. The van der Waals surface area contributed by atoms with Crippen LogP contribution in [0.4, 0.5) is 0 Å². The zero-order chi connectivity index (χ0) is 22.8. The molecule has 0 heterocycles. The van der Waals surface area contributed by atoms with Gasteiger partial charge in [0.2, 0.25) is 0 Å². The predicted molar refractivity (Wildman–Crippen MR) is 119 cm³/mol. The lowest BCUT2D eigenvalue weighted by molar-refractivity contribution is 0.0391. The highest BCUT2D eigenvalue weighted by atomic mass is 16.5. The molecule has 1 N–H and O–H groups in total. The molecule has 0 spiro atoms. The first-order valence-corrected chi connectivity index (χ1v) is 9.82. The van der Waals surface area contributed by atoms with Gasteiger partial charge in [-0.1, -0.05) is 36.4 Å². The van der Waals surface area contributed by atoms with Gasteiger partial charge in [0.25, 0.3) is 5.91 Å². The molecule has 0 aliphatic heterocycles. The number of rotatable bonds is 7. The van der Waals surface area contributed by atoms with E-state index in [1.165, 1.54) is 24.3 Å². The molecular formula is C26H19N3O3. The second-order valence-electron chi connectivity index (χ2n) is 6.80. The predicted octanol–water partition coefficient (Wildman–Crippen LogP) is 4.10. The summed E-state index contributed by atoms with van der Waals surface area (Å²) in [5.74, 6) is -0.910. The third-order valence-corrected chi connectivity index (χ3v) is 4.55. The molecule has 0 fully saturated rings. The summed E-state index contributed by atoms with van der Waals surface area (Å²) >= 11 is 0. The topological polar surface area (TPSA) is 103 Å². The SMILES string of the molecule is N#Cc1ccc(C(=O)NCC(/C=C/c2ccccc2)OC(=O)c2ccc(C#N)cc2)cc1. The Morgan fingerprint density at radius 2 is 1.41 bits per heavy atom. The summed E-state index contributed by atoms with van der Waals surface area (Å²) in [5, 5.41) is 20.5. The number of ether oxygens (including phenoxy) is 1. The maximum Gasteiger partial charge on any atom is 0.338 e. The van der Waals surface area contributed by atoms with Crippen LogP contribution >= 0.6 is 0 Å². The largest absolute Gasteiger partial charge is 0.453 e. The molecular weight excluding hydrogens is 402 g/mol. The molecule has 6 nitrogen and oxygen atoms in total. The first kappa shape index (κ1) is 22.0. The zero-order valence-electron chi connectivity index (χ0n) is 17.1. The van der Waals surface area contributed by atoms with Crippen LogP contribution in [0.25, 0.3) is 6.08 Å². The van der Waals surface area contributed by atoms with Crippen LogP contribution in [0.15, 0.2) is 84.9 Å². The van der Waals surface area contributed by atoms with E-state index in [1.54, 1.807) is 30.3 Å². The highest BCUT2D eigenvalue weighted by molar-refractivity contribution is 5.94. The van der Waals surface area contributed by atoms with Gasteiger partial charge in [-0.05, 0) is 60.2 Å². The number of carbonyl (C=O) groups is 2. The number of carbonyl (C=O) groups excluding carboxylic acids is 2. The molecule has 1 unspecified atom stereocenters. The molecule has 0 saturated heterocycles. The van der Waals surface area contributed by atoms with E-state index in [-0.39, 0.29) is 12.5 Å². The van der Waals surface area contributed by atoms with Crippen molar-refractivity contribution in [1.29, 1.82) is 10.5 Å². The second kappa shape index (κ2) is 10.9. The quantitative estimate of drug-likeness (QED) is 0.579. The lowest BCUT2D eigenvalue weighted by atomic mass is 10.1. The molecule has 6 heteroatoms. The van der Waals surface area contributed by atoms with Crippen LogP contribution in [0.5, 0.6) is 0 Å². The summed E-state index contributed by atoms with van der Waals surface area (Å²) in [6.45, 7) is 0.0597. The van der Waals surface area contributed by atoms with Gasteiger partial charge in [-0.2, -0.15) is 10.5 Å². The molecule has 3 aromatic rings.